The highest BCUT2D eigenvalue weighted by Gasteiger charge is 1.98. The Morgan fingerprint density at radius 1 is 0.524 bits per heavy atom. The predicted octanol–water partition coefficient (Wildman–Crippen LogP) is 5.48. The van der Waals surface area contributed by atoms with Crippen molar-refractivity contribution in [2.75, 3.05) is 10.6 Å². The van der Waals surface area contributed by atoms with Gasteiger partial charge in [0.15, 0.2) is 0 Å². The van der Waals surface area contributed by atoms with Crippen LogP contribution in [0.15, 0.2) is 78.9 Å². The second-order valence-electron chi connectivity index (χ2n) is 5.01. The summed E-state index contributed by atoms with van der Waals surface area (Å²) in [6.07, 6.45) is 0. The predicted molar refractivity (Wildman–Crippen MR) is 90.6 cm³/mol. The van der Waals surface area contributed by atoms with Crippen LogP contribution >= 0.6 is 0 Å². The number of rotatable bonds is 4. The number of hydrogen-bond acceptors (Lipinski definition) is 2. The van der Waals surface area contributed by atoms with Crippen LogP contribution in [-0.4, -0.2) is 0 Å². The van der Waals surface area contributed by atoms with Crippen LogP contribution in [0.5, 0.6) is 0 Å². The van der Waals surface area contributed by atoms with Crippen LogP contribution in [0.1, 0.15) is 5.56 Å². The van der Waals surface area contributed by atoms with E-state index >= 15 is 0 Å². The summed E-state index contributed by atoms with van der Waals surface area (Å²) in [5.74, 6) is 0. The highest BCUT2D eigenvalue weighted by Crippen LogP contribution is 2.23. The lowest BCUT2D eigenvalue weighted by molar-refractivity contribution is 1.43. The standard InChI is InChI=1S/C19H18N2/c1-15-7-5-6-10-19(15)21-18-13-11-17(12-14-18)20-16-8-3-2-4-9-16/h2-14,20-21H,1H3. The molecule has 2 N–H and O–H groups in total. The first kappa shape index (κ1) is 13.3. The smallest absolute Gasteiger partial charge is 0.0413 e. The SMILES string of the molecule is Cc1ccccc1Nc1ccc(Nc2ccccc2)cc1. The van der Waals surface area contributed by atoms with Crippen LogP contribution in [0.4, 0.5) is 22.7 Å². The summed E-state index contributed by atoms with van der Waals surface area (Å²) in [7, 11) is 0. The van der Waals surface area contributed by atoms with E-state index in [1.807, 2.05) is 30.3 Å². The molecule has 0 bridgehead atoms. The third-order valence-electron chi connectivity index (χ3n) is 3.37. The van der Waals surface area contributed by atoms with Gasteiger partial charge in [-0.2, -0.15) is 0 Å². The average Bonchev–Trinajstić information content (AvgIpc) is 2.52. The van der Waals surface area contributed by atoms with Crippen molar-refractivity contribution in [1.29, 1.82) is 0 Å². The Morgan fingerprint density at radius 2 is 1.05 bits per heavy atom. The molecule has 3 aromatic rings. The third kappa shape index (κ3) is 3.42. The Kier molecular flexibility index (Phi) is 3.88. The molecule has 0 unspecified atom stereocenters. The summed E-state index contributed by atoms with van der Waals surface area (Å²) in [6.45, 7) is 2.10. The summed E-state index contributed by atoms with van der Waals surface area (Å²) < 4.78 is 0. The maximum atomic E-state index is 3.44. The zero-order valence-corrected chi connectivity index (χ0v) is 12.0. The summed E-state index contributed by atoms with van der Waals surface area (Å²) in [5, 5.41) is 6.81. The summed E-state index contributed by atoms with van der Waals surface area (Å²) >= 11 is 0. The van der Waals surface area contributed by atoms with Crippen LogP contribution in [-0.2, 0) is 0 Å². The van der Waals surface area contributed by atoms with E-state index in [4.69, 9.17) is 0 Å². The van der Waals surface area contributed by atoms with Crippen molar-refractivity contribution in [2.45, 2.75) is 6.92 Å². The first-order valence-corrected chi connectivity index (χ1v) is 7.06. The molecule has 0 aliphatic rings. The highest BCUT2D eigenvalue weighted by molar-refractivity contribution is 5.67. The van der Waals surface area contributed by atoms with Crippen molar-refractivity contribution < 1.29 is 0 Å². The van der Waals surface area contributed by atoms with Gasteiger partial charge in [0.05, 0.1) is 0 Å². The second kappa shape index (κ2) is 6.14. The zero-order valence-electron chi connectivity index (χ0n) is 12.0. The van der Waals surface area contributed by atoms with E-state index in [1.54, 1.807) is 0 Å². The van der Waals surface area contributed by atoms with Gasteiger partial charge >= 0.3 is 0 Å². The first-order valence-electron chi connectivity index (χ1n) is 7.06. The van der Waals surface area contributed by atoms with E-state index in [0.29, 0.717) is 0 Å². The zero-order chi connectivity index (χ0) is 14.5. The molecule has 0 amide bonds. The molecule has 0 heterocycles. The summed E-state index contributed by atoms with van der Waals surface area (Å²) in [5.41, 5.74) is 5.64. The Bertz CT molecular complexity index is 703. The molecule has 21 heavy (non-hydrogen) atoms. The van der Waals surface area contributed by atoms with E-state index in [2.05, 4.69) is 66.1 Å². The molecule has 2 nitrogen and oxygen atoms in total. The minimum atomic E-state index is 1.08. The van der Waals surface area contributed by atoms with Gasteiger partial charge in [-0.25, -0.2) is 0 Å². The molecule has 0 saturated carbocycles. The van der Waals surface area contributed by atoms with Gasteiger partial charge in [-0.3, -0.25) is 0 Å². The largest absolute Gasteiger partial charge is 0.356 e. The van der Waals surface area contributed by atoms with E-state index in [-0.39, 0.29) is 0 Å². The molecular weight excluding hydrogens is 256 g/mol. The number of para-hydroxylation sites is 2. The van der Waals surface area contributed by atoms with Gasteiger partial charge in [0.2, 0.25) is 0 Å². The molecule has 0 aromatic heterocycles. The fourth-order valence-corrected chi connectivity index (χ4v) is 2.19. The van der Waals surface area contributed by atoms with Gasteiger partial charge in [-0.05, 0) is 55.0 Å². The Hall–Kier alpha value is -2.74. The summed E-state index contributed by atoms with van der Waals surface area (Å²) in [6, 6.07) is 26.8. The summed E-state index contributed by atoms with van der Waals surface area (Å²) in [4.78, 5) is 0. The maximum Gasteiger partial charge on any atom is 0.0413 e. The van der Waals surface area contributed by atoms with Gasteiger partial charge in [0.25, 0.3) is 0 Å². The molecular formula is C19H18N2. The van der Waals surface area contributed by atoms with Crippen LogP contribution in [0, 0.1) is 6.92 Å². The highest BCUT2D eigenvalue weighted by atomic mass is 14.9. The van der Waals surface area contributed by atoms with Crippen molar-refractivity contribution in [3.63, 3.8) is 0 Å². The molecule has 3 rings (SSSR count). The number of anilines is 4. The number of hydrogen-bond donors (Lipinski definition) is 2. The average molecular weight is 274 g/mol. The molecule has 0 aliphatic carbocycles. The minimum absolute atomic E-state index is 1.08. The number of nitrogens with one attached hydrogen (secondary N) is 2. The quantitative estimate of drug-likeness (QED) is 0.658. The molecule has 0 saturated heterocycles. The number of aryl methyl sites for hydroxylation is 1. The lowest BCUT2D eigenvalue weighted by atomic mass is 10.2. The Morgan fingerprint density at radius 3 is 1.71 bits per heavy atom. The molecule has 2 heteroatoms. The minimum Gasteiger partial charge on any atom is -0.356 e. The van der Waals surface area contributed by atoms with Crippen LogP contribution < -0.4 is 10.6 Å². The van der Waals surface area contributed by atoms with Crippen molar-refractivity contribution in [3.05, 3.63) is 84.4 Å². The van der Waals surface area contributed by atoms with Crippen molar-refractivity contribution >= 4 is 22.7 Å². The molecule has 104 valence electrons. The second-order valence-corrected chi connectivity index (χ2v) is 5.01. The normalized spacial score (nSPS) is 10.1. The fraction of sp³-hybridized carbons (Fsp3) is 0.0526. The van der Waals surface area contributed by atoms with Gasteiger partial charge in [0, 0.05) is 22.7 Å². The van der Waals surface area contributed by atoms with Gasteiger partial charge in [-0.15, -0.1) is 0 Å². The van der Waals surface area contributed by atoms with E-state index in [1.165, 1.54) is 5.56 Å². The number of benzene rings is 3. The van der Waals surface area contributed by atoms with Crippen molar-refractivity contribution in [3.8, 4) is 0 Å². The molecule has 0 atom stereocenters. The molecule has 0 fully saturated rings. The Labute approximate surface area is 125 Å². The third-order valence-corrected chi connectivity index (χ3v) is 3.37. The van der Waals surface area contributed by atoms with Gasteiger partial charge in [0.1, 0.15) is 0 Å². The van der Waals surface area contributed by atoms with Crippen LogP contribution in [0.3, 0.4) is 0 Å². The van der Waals surface area contributed by atoms with Crippen molar-refractivity contribution in [2.24, 2.45) is 0 Å². The van der Waals surface area contributed by atoms with Crippen molar-refractivity contribution in [1.82, 2.24) is 0 Å². The maximum absolute atomic E-state index is 3.44. The lowest BCUT2D eigenvalue weighted by Crippen LogP contribution is -1.94. The van der Waals surface area contributed by atoms with E-state index < -0.39 is 0 Å². The fourth-order valence-electron chi connectivity index (χ4n) is 2.19. The van der Waals surface area contributed by atoms with Gasteiger partial charge < -0.3 is 10.6 Å². The van der Waals surface area contributed by atoms with Gasteiger partial charge in [-0.1, -0.05) is 36.4 Å². The molecule has 0 radical (unpaired) electrons. The van der Waals surface area contributed by atoms with Crippen LogP contribution in [0.25, 0.3) is 0 Å². The van der Waals surface area contributed by atoms with E-state index in [0.717, 1.165) is 22.7 Å². The topological polar surface area (TPSA) is 24.1 Å². The van der Waals surface area contributed by atoms with Crippen LogP contribution in [0.2, 0.25) is 0 Å². The molecule has 3 aromatic carbocycles. The van der Waals surface area contributed by atoms with E-state index in [9.17, 15) is 0 Å². The monoisotopic (exact) mass is 274 g/mol. The molecule has 0 aliphatic heterocycles. The molecule has 0 spiro atoms. The Balaban J connectivity index is 1.71. The first-order chi connectivity index (χ1) is 10.3. The lowest BCUT2D eigenvalue weighted by Gasteiger charge is -2.11.